The average Bonchev–Trinajstić information content (AvgIpc) is 2.58. The average molecular weight is 237 g/mol. The predicted molar refractivity (Wildman–Crippen MR) is 56.8 cm³/mol. The molecule has 0 aliphatic carbocycles. The van der Waals surface area contributed by atoms with Crippen LogP contribution in [0.5, 0.6) is 11.5 Å². The number of imide groups is 1. The van der Waals surface area contributed by atoms with Gasteiger partial charge in [0.05, 0.1) is 7.11 Å². The van der Waals surface area contributed by atoms with Gasteiger partial charge >= 0.3 is 6.09 Å². The molecule has 1 aliphatic heterocycles. The first-order valence-electron chi connectivity index (χ1n) is 4.97. The normalized spacial score (nSPS) is 18.8. The highest BCUT2D eigenvalue weighted by Gasteiger charge is 2.32. The second-order valence-corrected chi connectivity index (χ2v) is 3.59. The van der Waals surface area contributed by atoms with Gasteiger partial charge in [-0.2, -0.15) is 0 Å². The van der Waals surface area contributed by atoms with Gasteiger partial charge in [0.25, 0.3) is 5.91 Å². The van der Waals surface area contributed by atoms with Crippen molar-refractivity contribution in [1.29, 1.82) is 0 Å². The Balaban J connectivity index is 2.11. The van der Waals surface area contributed by atoms with Crippen LogP contribution in [0, 0.1) is 0 Å². The molecule has 1 aromatic rings. The van der Waals surface area contributed by atoms with Crippen LogP contribution in [0.15, 0.2) is 18.2 Å². The van der Waals surface area contributed by atoms with Crippen molar-refractivity contribution in [2.24, 2.45) is 0 Å². The summed E-state index contributed by atoms with van der Waals surface area (Å²) in [6.07, 6.45) is -1.36. The topological polar surface area (TPSA) is 84.9 Å². The number of methoxy groups -OCH3 is 1. The maximum absolute atomic E-state index is 11.3. The Morgan fingerprint density at radius 3 is 2.76 bits per heavy atom. The Morgan fingerprint density at radius 2 is 2.24 bits per heavy atom. The van der Waals surface area contributed by atoms with Gasteiger partial charge in [0.15, 0.2) is 17.6 Å². The zero-order valence-corrected chi connectivity index (χ0v) is 9.10. The first-order valence-corrected chi connectivity index (χ1v) is 4.97. The molecule has 1 heterocycles. The van der Waals surface area contributed by atoms with Gasteiger partial charge in [-0.05, 0) is 17.7 Å². The molecular weight excluding hydrogens is 226 g/mol. The summed E-state index contributed by atoms with van der Waals surface area (Å²) in [5.41, 5.74) is 0.679. The smallest absolute Gasteiger partial charge is 0.414 e. The van der Waals surface area contributed by atoms with Crippen molar-refractivity contribution in [1.82, 2.24) is 5.32 Å². The van der Waals surface area contributed by atoms with E-state index >= 15 is 0 Å². The fraction of sp³-hybridized carbons (Fsp3) is 0.273. The highest BCUT2D eigenvalue weighted by molar-refractivity contribution is 6.00. The fourth-order valence-electron chi connectivity index (χ4n) is 1.60. The Bertz CT molecular complexity index is 471. The van der Waals surface area contributed by atoms with E-state index in [0.29, 0.717) is 11.3 Å². The summed E-state index contributed by atoms with van der Waals surface area (Å²) in [5.74, 6) is -0.137. The number of rotatable bonds is 3. The Kier molecular flexibility index (Phi) is 2.86. The molecule has 1 aromatic carbocycles. The molecule has 1 aliphatic rings. The van der Waals surface area contributed by atoms with Crippen molar-refractivity contribution in [3.63, 3.8) is 0 Å². The van der Waals surface area contributed by atoms with E-state index in [1.807, 2.05) is 5.32 Å². The molecule has 2 N–H and O–H groups in total. The fourth-order valence-corrected chi connectivity index (χ4v) is 1.60. The quantitative estimate of drug-likeness (QED) is 0.803. The lowest BCUT2D eigenvalue weighted by atomic mass is 10.1. The number of hydrogen-bond donors (Lipinski definition) is 2. The summed E-state index contributed by atoms with van der Waals surface area (Å²) >= 11 is 0. The Hall–Kier alpha value is -2.24. The van der Waals surface area contributed by atoms with Crippen LogP contribution < -0.4 is 10.1 Å². The summed E-state index contributed by atoms with van der Waals surface area (Å²) < 4.78 is 9.65. The molecular formula is C11H11NO5. The van der Waals surface area contributed by atoms with Crippen LogP contribution in [0.1, 0.15) is 5.56 Å². The second kappa shape index (κ2) is 4.32. The number of aromatic hydroxyl groups is 1. The molecule has 6 nitrogen and oxygen atoms in total. The lowest BCUT2D eigenvalue weighted by molar-refractivity contribution is -0.123. The third-order valence-electron chi connectivity index (χ3n) is 2.43. The monoisotopic (exact) mass is 237 g/mol. The van der Waals surface area contributed by atoms with Crippen LogP contribution in [-0.4, -0.2) is 30.3 Å². The number of phenols is 1. The zero-order chi connectivity index (χ0) is 12.4. The van der Waals surface area contributed by atoms with Gasteiger partial charge in [0.2, 0.25) is 0 Å². The predicted octanol–water partition coefficient (Wildman–Crippen LogP) is 0.578. The van der Waals surface area contributed by atoms with E-state index < -0.39 is 18.1 Å². The van der Waals surface area contributed by atoms with Crippen LogP contribution in [0.25, 0.3) is 0 Å². The van der Waals surface area contributed by atoms with Gasteiger partial charge in [-0.15, -0.1) is 0 Å². The highest BCUT2D eigenvalue weighted by atomic mass is 16.6. The number of phenolic OH excluding ortho intramolecular Hbond substituents is 1. The van der Waals surface area contributed by atoms with Crippen molar-refractivity contribution in [2.45, 2.75) is 12.5 Å². The van der Waals surface area contributed by atoms with E-state index in [0.717, 1.165) is 0 Å². The van der Waals surface area contributed by atoms with Crippen molar-refractivity contribution < 1.29 is 24.2 Å². The molecule has 0 saturated carbocycles. The number of ether oxygens (including phenoxy) is 2. The number of hydrogen-bond acceptors (Lipinski definition) is 5. The maximum atomic E-state index is 11.3. The first kappa shape index (κ1) is 11.3. The van der Waals surface area contributed by atoms with Gasteiger partial charge in [0.1, 0.15) is 0 Å². The molecule has 90 valence electrons. The van der Waals surface area contributed by atoms with Crippen molar-refractivity contribution >= 4 is 12.0 Å². The van der Waals surface area contributed by atoms with Crippen LogP contribution >= 0.6 is 0 Å². The van der Waals surface area contributed by atoms with Crippen molar-refractivity contribution in [2.75, 3.05) is 7.11 Å². The minimum Gasteiger partial charge on any atom is -0.504 e. The SMILES string of the molecule is COc1ccc(CC2OC(=O)NC2=O)cc1O. The number of benzene rings is 1. The van der Waals surface area contributed by atoms with Gasteiger partial charge in [-0.3, -0.25) is 10.1 Å². The van der Waals surface area contributed by atoms with Crippen LogP contribution in [-0.2, 0) is 16.0 Å². The summed E-state index contributed by atoms with van der Waals surface area (Å²) in [4.78, 5) is 22.1. The minimum absolute atomic E-state index is 0.0188. The Morgan fingerprint density at radius 1 is 1.47 bits per heavy atom. The van der Waals surface area contributed by atoms with E-state index in [9.17, 15) is 14.7 Å². The summed E-state index contributed by atoms with van der Waals surface area (Å²) in [6, 6.07) is 4.75. The van der Waals surface area contributed by atoms with Crippen LogP contribution in [0.2, 0.25) is 0 Å². The van der Waals surface area contributed by atoms with E-state index in [1.54, 1.807) is 12.1 Å². The van der Waals surface area contributed by atoms with Gasteiger partial charge < -0.3 is 14.6 Å². The molecule has 17 heavy (non-hydrogen) atoms. The number of carbonyl (C=O) groups excluding carboxylic acids is 2. The molecule has 0 radical (unpaired) electrons. The summed E-state index contributed by atoms with van der Waals surface area (Å²) in [6.45, 7) is 0. The number of amides is 2. The molecule has 2 amide bonds. The molecule has 0 bridgehead atoms. The standard InChI is InChI=1S/C11H11NO5/c1-16-8-3-2-6(4-7(8)13)5-9-10(14)12-11(15)17-9/h2-4,9,13H,5H2,1H3,(H,12,14,15). The van der Waals surface area contributed by atoms with E-state index in [4.69, 9.17) is 9.47 Å². The van der Waals surface area contributed by atoms with E-state index in [-0.39, 0.29) is 12.2 Å². The minimum atomic E-state index is -0.838. The molecule has 1 unspecified atom stereocenters. The molecule has 0 aromatic heterocycles. The maximum Gasteiger partial charge on any atom is 0.414 e. The van der Waals surface area contributed by atoms with Crippen LogP contribution in [0.4, 0.5) is 4.79 Å². The van der Waals surface area contributed by atoms with Gasteiger partial charge in [-0.25, -0.2) is 4.79 Å². The molecule has 1 fully saturated rings. The molecule has 0 spiro atoms. The van der Waals surface area contributed by atoms with Crippen LogP contribution in [0.3, 0.4) is 0 Å². The van der Waals surface area contributed by atoms with Crippen molar-refractivity contribution in [3.05, 3.63) is 23.8 Å². The third-order valence-corrected chi connectivity index (χ3v) is 2.43. The number of nitrogens with one attached hydrogen (secondary N) is 1. The number of alkyl carbamates (subject to hydrolysis) is 1. The molecule has 1 atom stereocenters. The second-order valence-electron chi connectivity index (χ2n) is 3.59. The molecule has 2 rings (SSSR count). The number of carbonyl (C=O) groups is 2. The lowest BCUT2D eigenvalue weighted by Crippen LogP contribution is -2.25. The van der Waals surface area contributed by atoms with Gasteiger partial charge in [0, 0.05) is 6.42 Å². The highest BCUT2D eigenvalue weighted by Crippen LogP contribution is 2.27. The first-order chi connectivity index (χ1) is 8.10. The Labute approximate surface area is 97.1 Å². The number of cyclic esters (lactones) is 1. The largest absolute Gasteiger partial charge is 0.504 e. The molecule has 1 saturated heterocycles. The zero-order valence-electron chi connectivity index (χ0n) is 9.10. The summed E-state index contributed by atoms with van der Waals surface area (Å²) in [7, 11) is 1.45. The van der Waals surface area contributed by atoms with Gasteiger partial charge in [-0.1, -0.05) is 6.07 Å². The summed E-state index contributed by atoms with van der Waals surface area (Å²) in [5, 5.41) is 11.6. The van der Waals surface area contributed by atoms with E-state index in [1.165, 1.54) is 13.2 Å². The lowest BCUT2D eigenvalue weighted by Gasteiger charge is -2.08. The third kappa shape index (κ3) is 2.30. The van der Waals surface area contributed by atoms with E-state index in [2.05, 4.69) is 0 Å². The molecule has 6 heteroatoms. The van der Waals surface area contributed by atoms with Crippen molar-refractivity contribution in [3.8, 4) is 11.5 Å².